The fourth-order valence-electron chi connectivity index (χ4n) is 1.87. The van der Waals surface area contributed by atoms with Crippen LogP contribution in [-0.4, -0.2) is 28.9 Å². The van der Waals surface area contributed by atoms with Gasteiger partial charge in [0.05, 0.1) is 7.11 Å². The summed E-state index contributed by atoms with van der Waals surface area (Å²) >= 11 is 0. The molecule has 6 nitrogen and oxygen atoms in total. The zero-order valence-electron chi connectivity index (χ0n) is 10.4. The van der Waals surface area contributed by atoms with Crippen LogP contribution in [-0.2, 0) is 11.8 Å². The van der Waals surface area contributed by atoms with E-state index in [9.17, 15) is 4.79 Å². The average Bonchev–Trinajstić information content (AvgIpc) is 3.08. The lowest BCUT2D eigenvalue weighted by atomic mass is 10.2. The molecular formula is C11H18N4O2. The standard InChI is InChI=1S/C11H18N4O2/c1-6(7-4-5-7)13-10-8(11(16)17-3)9(12)15(2)14-10/h6-7H,4-5,12H2,1-3H3,(H,13,14). The number of esters is 1. The highest BCUT2D eigenvalue weighted by molar-refractivity contribution is 5.99. The first-order valence-electron chi connectivity index (χ1n) is 5.72. The van der Waals surface area contributed by atoms with Gasteiger partial charge in [-0.15, -0.1) is 0 Å². The van der Waals surface area contributed by atoms with Crippen LogP contribution in [0, 0.1) is 5.92 Å². The minimum atomic E-state index is -0.457. The molecular weight excluding hydrogens is 220 g/mol. The van der Waals surface area contributed by atoms with Crippen molar-refractivity contribution in [3.05, 3.63) is 5.56 Å². The van der Waals surface area contributed by atoms with Gasteiger partial charge >= 0.3 is 5.97 Å². The summed E-state index contributed by atoms with van der Waals surface area (Å²) < 4.78 is 6.20. The first kappa shape index (κ1) is 11.8. The van der Waals surface area contributed by atoms with E-state index in [4.69, 9.17) is 10.5 Å². The molecule has 0 aromatic carbocycles. The van der Waals surface area contributed by atoms with E-state index in [0.717, 1.165) is 0 Å². The van der Waals surface area contributed by atoms with Gasteiger partial charge in [-0.05, 0) is 25.7 Å². The molecule has 1 heterocycles. The number of rotatable bonds is 4. The molecule has 0 radical (unpaired) electrons. The molecule has 1 aromatic rings. The molecule has 3 N–H and O–H groups in total. The number of nitrogens with two attached hydrogens (primary N) is 1. The number of aryl methyl sites for hydroxylation is 1. The van der Waals surface area contributed by atoms with Gasteiger partial charge in [0, 0.05) is 13.1 Å². The van der Waals surface area contributed by atoms with E-state index >= 15 is 0 Å². The molecule has 6 heteroatoms. The maximum atomic E-state index is 11.6. The molecule has 2 rings (SSSR count). The number of carbonyl (C=O) groups is 1. The minimum absolute atomic E-state index is 0.299. The molecule has 0 aliphatic heterocycles. The van der Waals surface area contributed by atoms with Crippen molar-refractivity contribution in [1.82, 2.24) is 9.78 Å². The van der Waals surface area contributed by atoms with E-state index in [-0.39, 0.29) is 0 Å². The fourth-order valence-corrected chi connectivity index (χ4v) is 1.87. The summed E-state index contributed by atoms with van der Waals surface area (Å²) in [6.07, 6.45) is 2.45. The summed E-state index contributed by atoms with van der Waals surface area (Å²) in [4.78, 5) is 11.6. The Labute approximate surface area is 100 Å². The lowest BCUT2D eigenvalue weighted by Gasteiger charge is -2.12. The molecule has 94 valence electrons. The van der Waals surface area contributed by atoms with Crippen molar-refractivity contribution < 1.29 is 9.53 Å². The number of hydrogen-bond donors (Lipinski definition) is 2. The SMILES string of the molecule is COC(=O)c1c(NC(C)C2CC2)nn(C)c1N. The topological polar surface area (TPSA) is 82.2 Å². The van der Waals surface area contributed by atoms with E-state index in [1.54, 1.807) is 7.05 Å². The summed E-state index contributed by atoms with van der Waals surface area (Å²) in [5, 5.41) is 7.45. The Morgan fingerprint density at radius 3 is 2.82 bits per heavy atom. The molecule has 1 aliphatic carbocycles. The van der Waals surface area contributed by atoms with Crippen molar-refractivity contribution in [3.8, 4) is 0 Å². The lowest BCUT2D eigenvalue weighted by molar-refractivity contribution is 0.0603. The number of nitrogens with one attached hydrogen (secondary N) is 1. The lowest BCUT2D eigenvalue weighted by Crippen LogP contribution is -2.19. The molecule has 17 heavy (non-hydrogen) atoms. The van der Waals surface area contributed by atoms with Crippen molar-refractivity contribution in [1.29, 1.82) is 0 Å². The fraction of sp³-hybridized carbons (Fsp3) is 0.636. The average molecular weight is 238 g/mol. The molecule has 1 unspecified atom stereocenters. The zero-order chi connectivity index (χ0) is 12.6. The molecule has 0 spiro atoms. The Morgan fingerprint density at radius 1 is 1.65 bits per heavy atom. The maximum absolute atomic E-state index is 11.6. The Hall–Kier alpha value is -1.72. The number of anilines is 2. The minimum Gasteiger partial charge on any atom is -0.465 e. The van der Waals surface area contributed by atoms with Gasteiger partial charge in [-0.25, -0.2) is 4.79 Å². The number of nitrogen functional groups attached to an aromatic ring is 1. The van der Waals surface area contributed by atoms with Gasteiger partial charge in [0.2, 0.25) is 0 Å². The second kappa shape index (κ2) is 4.27. The molecule has 1 saturated carbocycles. The van der Waals surface area contributed by atoms with Gasteiger partial charge in [0.15, 0.2) is 5.82 Å². The smallest absolute Gasteiger partial charge is 0.345 e. The first-order chi connectivity index (χ1) is 8.04. The highest BCUT2D eigenvalue weighted by Crippen LogP contribution is 2.34. The van der Waals surface area contributed by atoms with Gasteiger partial charge in [-0.1, -0.05) is 0 Å². The predicted octanol–water partition coefficient (Wildman–Crippen LogP) is 0.999. The monoisotopic (exact) mass is 238 g/mol. The van der Waals surface area contributed by atoms with Crippen LogP contribution in [0.3, 0.4) is 0 Å². The molecule has 1 fully saturated rings. The van der Waals surface area contributed by atoms with E-state index < -0.39 is 5.97 Å². The van der Waals surface area contributed by atoms with E-state index in [1.807, 2.05) is 0 Å². The second-order valence-corrected chi connectivity index (χ2v) is 4.49. The van der Waals surface area contributed by atoms with Gasteiger partial charge in [0.25, 0.3) is 0 Å². The summed E-state index contributed by atoms with van der Waals surface area (Å²) in [5.41, 5.74) is 6.13. The zero-order valence-corrected chi connectivity index (χ0v) is 10.4. The molecule has 0 bridgehead atoms. The van der Waals surface area contributed by atoms with Crippen LogP contribution in [0.2, 0.25) is 0 Å². The second-order valence-electron chi connectivity index (χ2n) is 4.49. The third-order valence-corrected chi connectivity index (χ3v) is 3.17. The molecule has 0 amide bonds. The van der Waals surface area contributed by atoms with E-state index in [1.165, 1.54) is 24.6 Å². The summed E-state index contributed by atoms with van der Waals surface area (Å²) in [6.45, 7) is 2.09. The number of carbonyl (C=O) groups excluding carboxylic acids is 1. The third-order valence-electron chi connectivity index (χ3n) is 3.17. The van der Waals surface area contributed by atoms with Crippen LogP contribution in [0.1, 0.15) is 30.1 Å². The summed E-state index contributed by atoms with van der Waals surface area (Å²) in [6, 6.07) is 0.299. The van der Waals surface area contributed by atoms with Crippen molar-refractivity contribution in [2.24, 2.45) is 13.0 Å². The number of nitrogens with zero attached hydrogens (tertiary/aromatic N) is 2. The van der Waals surface area contributed by atoms with Crippen molar-refractivity contribution in [2.45, 2.75) is 25.8 Å². The van der Waals surface area contributed by atoms with Crippen molar-refractivity contribution in [2.75, 3.05) is 18.2 Å². The molecule has 1 atom stereocenters. The Kier molecular flexibility index (Phi) is 2.95. The molecule has 1 aliphatic rings. The number of hydrogen-bond acceptors (Lipinski definition) is 5. The third kappa shape index (κ3) is 2.20. The van der Waals surface area contributed by atoms with Crippen LogP contribution in [0.15, 0.2) is 0 Å². The van der Waals surface area contributed by atoms with Crippen LogP contribution in [0.4, 0.5) is 11.6 Å². The number of ether oxygens (including phenoxy) is 1. The van der Waals surface area contributed by atoms with Gasteiger partial charge in [-0.3, -0.25) is 4.68 Å². The maximum Gasteiger partial charge on any atom is 0.345 e. The Morgan fingerprint density at radius 2 is 2.29 bits per heavy atom. The number of aromatic nitrogens is 2. The van der Waals surface area contributed by atoms with Gasteiger partial charge in [-0.2, -0.15) is 5.10 Å². The van der Waals surface area contributed by atoms with Crippen molar-refractivity contribution >= 4 is 17.6 Å². The van der Waals surface area contributed by atoms with Gasteiger partial charge in [0.1, 0.15) is 11.4 Å². The van der Waals surface area contributed by atoms with Crippen LogP contribution in [0.5, 0.6) is 0 Å². The van der Waals surface area contributed by atoms with Crippen molar-refractivity contribution in [3.63, 3.8) is 0 Å². The normalized spacial score (nSPS) is 16.6. The Bertz CT molecular complexity index is 437. The summed E-state index contributed by atoms with van der Waals surface area (Å²) in [5.74, 6) is 1.04. The van der Waals surface area contributed by atoms with Crippen LogP contribution in [0.25, 0.3) is 0 Å². The highest BCUT2D eigenvalue weighted by atomic mass is 16.5. The largest absolute Gasteiger partial charge is 0.465 e. The first-order valence-corrected chi connectivity index (χ1v) is 5.72. The predicted molar refractivity (Wildman–Crippen MR) is 64.8 cm³/mol. The van der Waals surface area contributed by atoms with E-state index in [0.29, 0.717) is 29.2 Å². The molecule has 0 saturated heterocycles. The Balaban J connectivity index is 2.25. The van der Waals surface area contributed by atoms with E-state index in [2.05, 4.69) is 17.3 Å². The summed E-state index contributed by atoms with van der Waals surface area (Å²) in [7, 11) is 3.04. The number of methoxy groups -OCH3 is 1. The quantitative estimate of drug-likeness (QED) is 0.765. The van der Waals surface area contributed by atoms with Crippen LogP contribution >= 0.6 is 0 Å². The highest BCUT2D eigenvalue weighted by Gasteiger charge is 2.30. The van der Waals surface area contributed by atoms with Crippen LogP contribution < -0.4 is 11.1 Å². The molecule has 1 aromatic heterocycles. The van der Waals surface area contributed by atoms with Gasteiger partial charge < -0.3 is 15.8 Å².